The van der Waals surface area contributed by atoms with Crippen molar-refractivity contribution in [1.82, 2.24) is 0 Å². The predicted molar refractivity (Wildman–Crippen MR) is 90.6 cm³/mol. The Hall–Kier alpha value is -2.74. The van der Waals surface area contributed by atoms with Crippen LogP contribution in [0.2, 0.25) is 0 Å². The van der Waals surface area contributed by atoms with Crippen molar-refractivity contribution in [3.05, 3.63) is 47.0 Å². The van der Waals surface area contributed by atoms with E-state index in [4.69, 9.17) is 9.47 Å². The Labute approximate surface area is 146 Å². The van der Waals surface area contributed by atoms with Crippen molar-refractivity contribution >= 4 is 21.7 Å². The Kier molecular flexibility index (Phi) is 5.22. The number of carboxylic acids is 1. The van der Waals surface area contributed by atoms with Gasteiger partial charge in [0.15, 0.2) is 0 Å². The molecule has 0 aromatic heterocycles. The van der Waals surface area contributed by atoms with Crippen LogP contribution in [-0.4, -0.2) is 28.6 Å². The molecule has 0 saturated heterocycles. The fourth-order valence-corrected chi connectivity index (χ4v) is 3.72. The van der Waals surface area contributed by atoms with Crippen LogP contribution in [0.4, 0.5) is 5.69 Å². The summed E-state index contributed by atoms with van der Waals surface area (Å²) < 4.78 is 38.3. The summed E-state index contributed by atoms with van der Waals surface area (Å²) in [6, 6.07) is 7.11. The molecule has 0 aliphatic rings. The maximum atomic E-state index is 12.8. The second-order valence-corrected chi connectivity index (χ2v) is 7.03. The standard InChI is InChI=1S/C17H19NO6S/c1-10-7-12(17(19)20)8-16(11(10)2)25(21,22)18-14-9-13(23-3)5-6-15(14)24-4/h5-9,18H,1-4H3,(H,19,20)/p-1. The van der Waals surface area contributed by atoms with Gasteiger partial charge >= 0.3 is 0 Å². The van der Waals surface area contributed by atoms with Gasteiger partial charge in [0.1, 0.15) is 11.5 Å². The number of rotatable bonds is 6. The monoisotopic (exact) mass is 364 g/mol. The van der Waals surface area contributed by atoms with Crippen molar-refractivity contribution < 1.29 is 27.8 Å². The van der Waals surface area contributed by atoms with Crippen LogP contribution in [0.3, 0.4) is 0 Å². The number of sulfonamides is 1. The van der Waals surface area contributed by atoms with Gasteiger partial charge in [-0.1, -0.05) is 0 Å². The lowest BCUT2D eigenvalue weighted by molar-refractivity contribution is -0.255. The second-order valence-electron chi connectivity index (χ2n) is 5.38. The molecule has 8 heteroatoms. The molecular formula is C17H18NO6S-. The fourth-order valence-electron chi connectivity index (χ4n) is 2.32. The molecule has 134 valence electrons. The molecule has 0 heterocycles. The highest BCUT2D eigenvalue weighted by Crippen LogP contribution is 2.32. The second kappa shape index (κ2) is 7.02. The Morgan fingerprint density at radius 1 is 1.08 bits per heavy atom. The number of carboxylic acid groups (broad SMARTS) is 1. The maximum absolute atomic E-state index is 12.8. The highest BCUT2D eigenvalue weighted by molar-refractivity contribution is 7.92. The van der Waals surface area contributed by atoms with Gasteiger partial charge in [0.25, 0.3) is 10.0 Å². The smallest absolute Gasteiger partial charge is 0.262 e. The summed E-state index contributed by atoms with van der Waals surface area (Å²) in [5.41, 5.74) is 0.942. The molecule has 2 aromatic carbocycles. The number of benzene rings is 2. The van der Waals surface area contributed by atoms with Gasteiger partial charge in [0.2, 0.25) is 0 Å². The first-order chi connectivity index (χ1) is 11.7. The average Bonchev–Trinajstić information content (AvgIpc) is 2.56. The largest absolute Gasteiger partial charge is 0.545 e. The summed E-state index contributed by atoms with van der Waals surface area (Å²) in [7, 11) is -1.19. The van der Waals surface area contributed by atoms with Crippen LogP contribution in [0.5, 0.6) is 11.5 Å². The number of aromatic carboxylic acids is 1. The highest BCUT2D eigenvalue weighted by atomic mass is 32.2. The first-order valence-electron chi connectivity index (χ1n) is 7.27. The zero-order valence-electron chi connectivity index (χ0n) is 14.2. The van der Waals surface area contributed by atoms with E-state index in [2.05, 4.69) is 4.72 Å². The van der Waals surface area contributed by atoms with E-state index in [1.807, 2.05) is 0 Å². The van der Waals surface area contributed by atoms with Gasteiger partial charge in [-0.15, -0.1) is 0 Å². The van der Waals surface area contributed by atoms with Crippen LogP contribution in [-0.2, 0) is 10.0 Å². The fraction of sp³-hybridized carbons (Fsp3) is 0.235. The maximum Gasteiger partial charge on any atom is 0.262 e. The Morgan fingerprint density at radius 2 is 1.76 bits per heavy atom. The minimum Gasteiger partial charge on any atom is -0.545 e. The van der Waals surface area contributed by atoms with Crippen LogP contribution in [0, 0.1) is 13.8 Å². The van der Waals surface area contributed by atoms with E-state index in [1.54, 1.807) is 26.0 Å². The van der Waals surface area contributed by atoms with Gasteiger partial charge in [-0.2, -0.15) is 0 Å². The Bertz CT molecular complexity index is 921. The number of aryl methyl sites for hydroxylation is 1. The van der Waals surface area contributed by atoms with Gasteiger partial charge < -0.3 is 19.4 Å². The van der Waals surface area contributed by atoms with Gasteiger partial charge in [-0.05, 0) is 54.8 Å². The molecule has 0 bridgehead atoms. The topological polar surface area (TPSA) is 105 Å². The third-order valence-electron chi connectivity index (χ3n) is 3.80. The van der Waals surface area contributed by atoms with E-state index in [0.717, 1.165) is 6.07 Å². The molecule has 0 atom stereocenters. The minimum atomic E-state index is -4.06. The molecule has 2 aromatic rings. The molecule has 0 fully saturated rings. The summed E-state index contributed by atoms with van der Waals surface area (Å²) in [5, 5.41) is 11.1. The third kappa shape index (κ3) is 3.85. The molecule has 0 spiro atoms. The molecule has 0 aliphatic heterocycles. The van der Waals surface area contributed by atoms with Gasteiger partial charge in [0.05, 0.1) is 30.8 Å². The summed E-state index contributed by atoms with van der Waals surface area (Å²) in [4.78, 5) is 11.0. The highest BCUT2D eigenvalue weighted by Gasteiger charge is 2.21. The molecule has 0 aliphatic carbocycles. The summed E-state index contributed by atoms with van der Waals surface area (Å²) >= 11 is 0. The van der Waals surface area contributed by atoms with Crippen LogP contribution in [0.1, 0.15) is 21.5 Å². The number of methoxy groups -OCH3 is 2. The molecule has 2 rings (SSSR count). The molecule has 1 N–H and O–H groups in total. The van der Waals surface area contributed by atoms with E-state index >= 15 is 0 Å². The van der Waals surface area contributed by atoms with E-state index in [0.29, 0.717) is 22.6 Å². The number of hydrogen-bond acceptors (Lipinski definition) is 6. The van der Waals surface area contributed by atoms with E-state index in [-0.39, 0.29) is 16.1 Å². The van der Waals surface area contributed by atoms with Crippen LogP contribution in [0.15, 0.2) is 35.2 Å². The van der Waals surface area contributed by atoms with Crippen LogP contribution >= 0.6 is 0 Å². The zero-order chi connectivity index (χ0) is 18.8. The number of ether oxygens (including phenoxy) is 2. The molecule has 0 amide bonds. The third-order valence-corrected chi connectivity index (χ3v) is 5.29. The SMILES string of the molecule is COc1ccc(OC)c(NS(=O)(=O)c2cc(C(=O)[O-])cc(C)c2C)c1. The predicted octanol–water partition coefficient (Wildman–Crippen LogP) is 1.48. The van der Waals surface area contributed by atoms with Crippen molar-refractivity contribution in [3.8, 4) is 11.5 Å². The molecule has 0 radical (unpaired) electrons. The summed E-state index contributed by atoms with van der Waals surface area (Å²) in [6.07, 6.45) is 0. The number of anilines is 1. The zero-order valence-corrected chi connectivity index (χ0v) is 15.1. The normalized spacial score (nSPS) is 11.0. The lowest BCUT2D eigenvalue weighted by Gasteiger charge is -2.16. The Balaban J connectivity index is 2.56. The van der Waals surface area contributed by atoms with Crippen molar-refractivity contribution in [3.63, 3.8) is 0 Å². The molecule has 25 heavy (non-hydrogen) atoms. The summed E-state index contributed by atoms with van der Waals surface area (Å²) in [6.45, 7) is 3.23. The number of carbonyl (C=O) groups is 1. The van der Waals surface area contributed by atoms with Gasteiger partial charge in [0, 0.05) is 6.07 Å². The van der Waals surface area contributed by atoms with Crippen LogP contribution < -0.4 is 19.3 Å². The lowest BCUT2D eigenvalue weighted by atomic mass is 10.1. The number of hydrogen-bond donors (Lipinski definition) is 1. The van der Waals surface area contributed by atoms with Crippen molar-refractivity contribution in [2.24, 2.45) is 0 Å². The number of carbonyl (C=O) groups excluding carboxylic acids is 1. The molecule has 0 saturated carbocycles. The first-order valence-corrected chi connectivity index (χ1v) is 8.75. The van der Waals surface area contributed by atoms with Crippen LogP contribution in [0.25, 0.3) is 0 Å². The quantitative estimate of drug-likeness (QED) is 0.832. The van der Waals surface area contributed by atoms with Crippen molar-refractivity contribution in [1.29, 1.82) is 0 Å². The molecular weight excluding hydrogens is 346 g/mol. The number of nitrogens with one attached hydrogen (secondary N) is 1. The van der Waals surface area contributed by atoms with E-state index in [1.165, 1.54) is 26.4 Å². The van der Waals surface area contributed by atoms with Gasteiger partial charge in [-0.3, -0.25) is 4.72 Å². The molecule has 7 nitrogen and oxygen atoms in total. The summed E-state index contributed by atoms with van der Waals surface area (Å²) in [5.74, 6) is -0.705. The average molecular weight is 364 g/mol. The Morgan fingerprint density at radius 3 is 2.32 bits per heavy atom. The van der Waals surface area contributed by atoms with Crippen molar-refractivity contribution in [2.75, 3.05) is 18.9 Å². The van der Waals surface area contributed by atoms with E-state index in [9.17, 15) is 18.3 Å². The van der Waals surface area contributed by atoms with Crippen molar-refractivity contribution in [2.45, 2.75) is 18.7 Å². The first kappa shape index (κ1) is 18.6. The van der Waals surface area contributed by atoms with E-state index < -0.39 is 16.0 Å². The minimum absolute atomic E-state index is 0.142. The molecule has 0 unspecified atom stereocenters. The van der Waals surface area contributed by atoms with Gasteiger partial charge in [-0.25, -0.2) is 8.42 Å². The lowest BCUT2D eigenvalue weighted by Crippen LogP contribution is -2.24.